The van der Waals surface area contributed by atoms with Crippen LogP contribution in [0.5, 0.6) is 21.9 Å². The number of hydrogen-bond donors (Lipinski definition) is 1. The third-order valence-corrected chi connectivity index (χ3v) is 15.3. The van der Waals surface area contributed by atoms with E-state index in [0.717, 1.165) is 83.5 Å². The Labute approximate surface area is 356 Å². The Morgan fingerprint density at radius 2 is 1.03 bits per heavy atom. The number of urea groups is 1. The lowest BCUT2D eigenvalue weighted by Crippen LogP contribution is -2.60. The number of carbonyl (C=O) groups excluding carboxylic acids is 1. The van der Waals surface area contributed by atoms with Crippen LogP contribution in [0.2, 0.25) is 10.0 Å². The Morgan fingerprint density at radius 1 is 0.638 bits per heavy atom. The highest BCUT2D eigenvalue weighted by Gasteiger charge is 2.48. The van der Waals surface area contributed by atoms with Crippen molar-refractivity contribution in [3.63, 3.8) is 0 Å². The molecule has 4 aliphatic heterocycles. The molecule has 13 heteroatoms. The highest BCUT2D eigenvalue weighted by Crippen LogP contribution is 2.43. The van der Waals surface area contributed by atoms with Gasteiger partial charge in [0, 0.05) is 59.4 Å². The lowest BCUT2D eigenvalue weighted by atomic mass is 9.90. The molecular formula is C45H46Cl2N6O3S2. The zero-order valence-electron chi connectivity index (χ0n) is 32.1. The molecule has 4 aromatic carbocycles. The van der Waals surface area contributed by atoms with Gasteiger partial charge in [0.05, 0.1) is 20.4 Å². The van der Waals surface area contributed by atoms with E-state index in [-0.39, 0.29) is 18.1 Å². The Morgan fingerprint density at radius 3 is 1.41 bits per heavy atom. The monoisotopic (exact) mass is 852 g/mol. The molecular weight excluding hydrogens is 808 g/mol. The van der Waals surface area contributed by atoms with Crippen LogP contribution in [-0.4, -0.2) is 80.0 Å². The minimum absolute atomic E-state index is 0.221. The quantitative estimate of drug-likeness (QED) is 0.131. The van der Waals surface area contributed by atoms with Crippen molar-refractivity contribution in [1.29, 1.82) is 0 Å². The Kier molecular flexibility index (Phi) is 10.7. The fourth-order valence-electron chi connectivity index (χ4n) is 10.3. The molecule has 0 saturated carbocycles. The zero-order valence-corrected chi connectivity index (χ0v) is 35.3. The molecule has 0 spiro atoms. The van der Waals surface area contributed by atoms with Crippen molar-refractivity contribution >= 4 is 72.3 Å². The van der Waals surface area contributed by atoms with Crippen molar-refractivity contribution in [1.82, 2.24) is 24.7 Å². The molecule has 2 N–H and O–H groups in total. The van der Waals surface area contributed by atoms with Crippen LogP contribution in [0.3, 0.4) is 0 Å². The van der Waals surface area contributed by atoms with Gasteiger partial charge in [0.15, 0.2) is 0 Å². The Hall–Kier alpha value is -3.97. The molecule has 4 atom stereocenters. The van der Waals surface area contributed by atoms with Crippen LogP contribution < -0.4 is 15.2 Å². The average Bonchev–Trinajstić information content (AvgIpc) is 3.92. The second-order valence-electron chi connectivity index (χ2n) is 16.4. The fourth-order valence-corrected chi connectivity index (χ4v) is 12.6. The van der Waals surface area contributed by atoms with Crippen molar-refractivity contribution in [2.75, 3.05) is 13.1 Å². The number of rotatable bonds is 12. The summed E-state index contributed by atoms with van der Waals surface area (Å²) in [5.41, 5.74) is 10.6. The number of nitrogens with zero attached hydrogens (tertiary/aromatic N) is 5. The van der Waals surface area contributed by atoms with Crippen LogP contribution in [0.4, 0.5) is 4.79 Å². The first kappa shape index (κ1) is 38.2. The van der Waals surface area contributed by atoms with Gasteiger partial charge in [-0.05, 0) is 136 Å². The van der Waals surface area contributed by atoms with Gasteiger partial charge in [-0.25, -0.2) is 14.8 Å². The van der Waals surface area contributed by atoms with Crippen molar-refractivity contribution in [3.8, 4) is 21.9 Å². The SMILES string of the molecule is NC(=O)N(C1CC2CCC(C1)N2CCc1ccc(Oc2nc3ccc(Cl)cc3s2)cc1)C1CC2CCC(C1)N2CCc1ccc(Oc2nc3ccc(Cl)cc3s2)cc1. The maximum Gasteiger partial charge on any atom is 0.315 e. The predicted octanol–water partition coefficient (Wildman–Crippen LogP) is 11.0. The summed E-state index contributed by atoms with van der Waals surface area (Å²) in [6, 6.07) is 30.4. The van der Waals surface area contributed by atoms with Gasteiger partial charge in [0.2, 0.25) is 0 Å². The number of amides is 2. The number of halogens is 2. The zero-order chi connectivity index (χ0) is 39.3. The number of nitrogens with two attached hydrogens (primary N) is 1. The van der Waals surface area contributed by atoms with Gasteiger partial charge in [0.1, 0.15) is 11.5 Å². The standard InChI is InChI=1S/C45H46Cl2N6O3S2/c46-29-5-15-39-41(21-29)57-44(49-39)55-37-11-1-27(2-12-37)17-19-51-31-7-8-32(51)24-35(23-31)53(43(48)54)36-25-33-9-10-34(26-36)52(33)20-18-28-3-13-38(14-4-28)56-45-50-40-16-6-30(47)22-42(40)58-45/h1-6,11-16,21-22,31-36H,7-10,17-20,23-26H2,(H2,48,54). The Balaban J connectivity index is 0.709. The molecule has 10 rings (SSSR count). The average molecular weight is 854 g/mol. The highest BCUT2D eigenvalue weighted by molar-refractivity contribution is 7.20. The van der Waals surface area contributed by atoms with E-state index in [2.05, 4.69) is 48.9 Å². The smallest absolute Gasteiger partial charge is 0.315 e. The molecule has 0 aliphatic carbocycles. The molecule has 300 valence electrons. The number of thiazole rings is 2. The van der Waals surface area contributed by atoms with E-state index < -0.39 is 0 Å². The topological polar surface area (TPSA) is 97.1 Å². The number of fused-ring (bicyclic) bond motifs is 6. The molecule has 9 nitrogen and oxygen atoms in total. The van der Waals surface area contributed by atoms with Crippen LogP contribution in [0.25, 0.3) is 20.4 Å². The highest BCUT2D eigenvalue weighted by atomic mass is 35.5. The van der Waals surface area contributed by atoms with E-state index in [1.54, 1.807) is 0 Å². The summed E-state index contributed by atoms with van der Waals surface area (Å²) in [6.07, 6.45) is 10.8. The first-order valence-corrected chi connectivity index (χ1v) is 22.9. The first-order valence-electron chi connectivity index (χ1n) is 20.5. The van der Waals surface area contributed by atoms with Crippen LogP contribution in [0.1, 0.15) is 62.5 Å². The summed E-state index contributed by atoms with van der Waals surface area (Å²) in [4.78, 5) is 30.0. The normalized spacial score (nSPS) is 24.4. The lowest BCUT2D eigenvalue weighted by Gasteiger charge is -2.49. The second kappa shape index (κ2) is 16.2. The van der Waals surface area contributed by atoms with E-state index in [1.165, 1.54) is 59.5 Å². The number of aromatic nitrogens is 2. The van der Waals surface area contributed by atoms with Crippen LogP contribution in [-0.2, 0) is 12.8 Å². The number of piperidine rings is 2. The molecule has 4 unspecified atom stereocenters. The molecule has 2 amide bonds. The third-order valence-electron chi connectivity index (χ3n) is 13.0. The third kappa shape index (κ3) is 8.01. The van der Waals surface area contributed by atoms with Gasteiger partial charge < -0.3 is 20.1 Å². The molecule has 4 fully saturated rings. The first-order chi connectivity index (χ1) is 28.3. The molecule has 4 aliphatic rings. The Bertz CT molecular complexity index is 2240. The van der Waals surface area contributed by atoms with Gasteiger partial charge >= 0.3 is 6.03 Å². The van der Waals surface area contributed by atoms with E-state index in [1.807, 2.05) is 60.7 Å². The summed E-state index contributed by atoms with van der Waals surface area (Å²) >= 11 is 15.3. The molecule has 4 saturated heterocycles. The van der Waals surface area contributed by atoms with Crippen LogP contribution in [0.15, 0.2) is 84.9 Å². The number of ether oxygens (including phenoxy) is 2. The molecule has 58 heavy (non-hydrogen) atoms. The largest absolute Gasteiger partial charge is 0.431 e. The second-order valence-corrected chi connectivity index (χ2v) is 19.3. The number of carbonyl (C=O) groups is 1. The van der Waals surface area contributed by atoms with Gasteiger partial charge in [0.25, 0.3) is 10.4 Å². The van der Waals surface area contributed by atoms with Crippen LogP contribution in [0, 0.1) is 0 Å². The van der Waals surface area contributed by atoms with Gasteiger partial charge in [-0.2, -0.15) is 0 Å². The van der Waals surface area contributed by atoms with E-state index in [4.69, 9.17) is 38.4 Å². The summed E-state index contributed by atoms with van der Waals surface area (Å²) < 4.78 is 14.2. The summed E-state index contributed by atoms with van der Waals surface area (Å²) in [5, 5.41) is 2.63. The number of benzene rings is 4. The van der Waals surface area contributed by atoms with Gasteiger partial charge in [-0.3, -0.25) is 9.80 Å². The molecule has 4 bridgehead atoms. The fraction of sp³-hybridized carbons (Fsp3) is 0.400. The van der Waals surface area contributed by atoms with E-state index in [9.17, 15) is 4.79 Å². The van der Waals surface area contributed by atoms with Crippen molar-refractivity contribution in [2.24, 2.45) is 5.73 Å². The van der Waals surface area contributed by atoms with Crippen molar-refractivity contribution in [2.45, 2.75) is 100 Å². The summed E-state index contributed by atoms with van der Waals surface area (Å²) in [7, 11) is 0. The molecule has 2 aromatic heterocycles. The minimum atomic E-state index is -0.232. The predicted molar refractivity (Wildman–Crippen MR) is 234 cm³/mol. The maximum atomic E-state index is 13.2. The van der Waals surface area contributed by atoms with Gasteiger partial charge in [-0.15, -0.1) is 0 Å². The van der Waals surface area contributed by atoms with Crippen molar-refractivity contribution < 1.29 is 14.3 Å². The molecule has 6 heterocycles. The lowest BCUT2D eigenvalue weighted by molar-refractivity contribution is 0.0229. The minimum Gasteiger partial charge on any atom is -0.431 e. The molecule has 0 radical (unpaired) electrons. The maximum absolute atomic E-state index is 13.2. The van der Waals surface area contributed by atoms with Gasteiger partial charge in [-0.1, -0.05) is 70.1 Å². The summed E-state index contributed by atoms with van der Waals surface area (Å²) in [5.74, 6) is 1.57. The summed E-state index contributed by atoms with van der Waals surface area (Å²) in [6.45, 7) is 2.04. The van der Waals surface area contributed by atoms with E-state index >= 15 is 0 Å². The van der Waals surface area contributed by atoms with Crippen molar-refractivity contribution in [3.05, 3.63) is 106 Å². The molecule has 6 aromatic rings. The van der Waals surface area contributed by atoms with Crippen LogP contribution >= 0.6 is 45.9 Å². The van der Waals surface area contributed by atoms with E-state index in [0.29, 0.717) is 44.6 Å². The number of primary amides is 1. The number of hydrogen-bond acceptors (Lipinski definition) is 9.